The SMILES string of the molecule is Clc1cc(Cl)c2nc3[nH]c4ccccc4c3c(Cl)c2c1Cl. The van der Waals surface area contributed by atoms with E-state index in [2.05, 4.69) is 9.97 Å². The minimum absolute atomic E-state index is 0.358. The number of hydrogen-bond donors (Lipinski definition) is 1. The molecule has 4 aromatic rings. The van der Waals surface area contributed by atoms with Gasteiger partial charge in [-0.1, -0.05) is 64.6 Å². The average Bonchev–Trinajstić information content (AvgIpc) is 2.83. The second-order valence-electron chi connectivity index (χ2n) is 4.70. The monoisotopic (exact) mass is 354 g/mol. The Labute approximate surface area is 139 Å². The molecule has 0 saturated carbocycles. The van der Waals surface area contributed by atoms with Crippen molar-refractivity contribution in [2.75, 3.05) is 0 Å². The summed E-state index contributed by atoms with van der Waals surface area (Å²) >= 11 is 25.2. The Morgan fingerprint density at radius 2 is 1.62 bits per heavy atom. The molecule has 0 radical (unpaired) electrons. The largest absolute Gasteiger partial charge is 0.339 e. The van der Waals surface area contributed by atoms with Crippen LogP contribution in [0, 0.1) is 0 Å². The number of aromatic amines is 1. The van der Waals surface area contributed by atoms with Crippen molar-refractivity contribution in [1.29, 1.82) is 0 Å². The lowest BCUT2D eigenvalue weighted by atomic mass is 10.1. The third kappa shape index (κ3) is 1.84. The smallest absolute Gasteiger partial charge is 0.140 e. The molecule has 4 rings (SSSR count). The van der Waals surface area contributed by atoms with E-state index in [1.54, 1.807) is 6.07 Å². The molecule has 0 saturated heterocycles. The molecule has 2 aromatic carbocycles. The van der Waals surface area contributed by atoms with Gasteiger partial charge in [0.1, 0.15) is 5.65 Å². The lowest BCUT2D eigenvalue weighted by molar-refractivity contribution is 1.40. The van der Waals surface area contributed by atoms with Crippen LogP contribution in [0.4, 0.5) is 0 Å². The van der Waals surface area contributed by atoms with E-state index in [4.69, 9.17) is 46.4 Å². The molecule has 2 heterocycles. The highest BCUT2D eigenvalue weighted by atomic mass is 35.5. The predicted octanol–water partition coefficient (Wildman–Crippen LogP) is 6.48. The fraction of sp³-hybridized carbons (Fsp3) is 0. The van der Waals surface area contributed by atoms with E-state index in [-0.39, 0.29) is 0 Å². The summed E-state index contributed by atoms with van der Waals surface area (Å²) in [4.78, 5) is 7.80. The average molecular weight is 356 g/mol. The van der Waals surface area contributed by atoms with Gasteiger partial charge in [0.15, 0.2) is 0 Å². The lowest BCUT2D eigenvalue weighted by Crippen LogP contribution is -1.87. The Bertz CT molecular complexity index is 1040. The molecule has 0 aliphatic carbocycles. The molecule has 1 N–H and O–H groups in total. The highest BCUT2D eigenvalue weighted by Gasteiger charge is 2.18. The number of rotatable bonds is 0. The molecule has 21 heavy (non-hydrogen) atoms. The number of para-hydroxylation sites is 1. The first kappa shape index (κ1) is 13.5. The third-order valence-corrected chi connectivity index (χ3v) is 4.95. The van der Waals surface area contributed by atoms with Crippen LogP contribution in [0.5, 0.6) is 0 Å². The quantitative estimate of drug-likeness (QED) is 0.359. The summed E-state index contributed by atoms with van der Waals surface area (Å²) in [6.45, 7) is 0. The van der Waals surface area contributed by atoms with Gasteiger partial charge in [-0.3, -0.25) is 0 Å². The van der Waals surface area contributed by atoms with Crippen LogP contribution < -0.4 is 0 Å². The highest BCUT2D eigenvalue weighted by molar-refractivity contribution is 6.52. The fourth-order valence-electron chi connectivity index (χ4n) is 2.57. The molecule has 0 fully saturated rings. The minimum atomic E-state index is 0.358. The standard InChI is InChI=1S/C15H6Cl4N2/c16-7-5-8(17)14-11(12(7)18)13(19)10-6-3-1-2-4-9(6)20-15(10)21-14/h1-5H,(H,20,21). The Morgan fingerprint density at radius 3 is 2.43 bits per heavy atom. The number of H-pyrrole nitrogens is 1. The van der Waals surface area contributed by atoms with Gasteiger partial charge in [0.05, 0.1) is 25.6 Å². The van der Waals surface area contributed by atoms with Crippen molar-refractivity contribution in [2.24, 2.45) is 0 Å². The third-order valence-electron chi connectivity index (χ3n) is 3.49. The number of fused-ring (bicyclic) bond motifs is 4. The lowest BCUT2D eigenvalue weighted by Gasteiger charge is -2.07. The maximum atomic E-state index is 6.58. The van der Waals surface area contributed by atoms with E-state index >= 15 is 0 Å². The predicted molar refractivity (Wildman–Crippen MR) is 91.1 cm³/mol. The topological polar surface area (TPSA) is 28.7 Å². The number of nitrogens with zero attached hydrogens (tertiary/aromatic N) is 1. The molecule has 0 amide bonds. The van der Waals surface area contributed by atoms with Gasteiger partial charge in [-0.2, -0.15) is 0 Å². The first-order chi connectivity index (χ1) is 10.1. The van der Waals surface area contributed by atoms with Crippen molar-refractivity contribution in [3.8, 4) is 0 Å². The molecule has 0 bridgehead atoms. The second-order valence-corrected chi connectivity index (χ2v) is 6.27. The van der Waals surface area contributed by atoms with Crippen molar-refractivity contribution in [1.82, 2.24) is 9.97 Å². The maximum Gasteiger partial charge on any atom is 0.140 e. The highest BCUT2D eigenvalue weighted by Crippen LogP contribution is 2.43. The molecule has 2 aromatic heterocycles. The number of pyridine rings is 1. The van der Waals surface area contributed by atoms with Crippen molar-refractivity contribution in [3.05, 3.63) is 50.4 Å². The summed E-state index contributed by atoms with van der Waals surface area (Å²) in [7, 11) is 0. The van der Waals surface area contributed by atoms with Crippen LogP contribution in [0.25, 0.3) is 32.8 Å². The van der Waals surface area contributed by atoms with Crippen LogP contribution in [0.1, 0.15) is 0 Å². The molecular formula is C15H6Cl4N2. The number of benzene rings is 2. The zero-order chi connectivity index (χ0) is 14.7. The van der Waals surface area contributed by atoms with Crippen molar-refractivity contribution in [3.63, 3.8) is 0 Å². The van der Waals surface area contributed by atoms with E-state index in [0.717, 1.165) is 16.3 Å². The van der Waals surface area contributed by atoms with E-state index in [1.807, 2.05) is 24.3 Å². The number of halogens is 4. The van der Waals surface area contributed by atoms with Gasteiger partial charge < -0.3 is 4.98 Å². The van der Waals surface area contributed by atoms with Crippen molar-refractivity contribution < 1.29 is 0 Å². The molecule has 6 heteroatoms. The van der Waals surface area contributed by atoms with E-state index < -0.39 is 0 Å². The first-order valence-electron chi connectivity index (χ1n) is 6.11. The van der Waals surface area contributed by atoms with Gasteiger partial charge in [-0.05, 0) is 12.1 Å². The molecule has 0 aliphatic rings. The summed E-state index contributed by atoms with van der Waals surface area (Å²) in [5.74, 6) is 0. The summed E-state index contributed by atoms with van der Waals surface area (Å²) < 4.78 is 0. The van der Waals surface area contributed by atoms with Crippen LogP contribution >= 0.6 is 46.4 Å². The fourth-order valence-corrected chi connectivity index (χ4v) is 3.73. The van der Waals surface area contributed by atoms with Gasteiger partial charge in [0.25, 0.3) is 0 Å². The van der Waals surface area contributed by atoms with E-state index in [1.165, 1.54) is 0 Å². The number of nitrogens with one attached hydrogen (secondary N) is 1. The summed E-state index contributed by atoms with van der Waals surface area (Å²) in [6.07, 6.45) is 0. The molecule has 0 spiro atoms. The molecule has 104 valence electrons. The van der Waals surface area contributed by atoms with Gasteiger partial charge in [-0.25, -0.2) is 4.98 Å². The van der Waals surface area contributed by atoms with Crippen LogP contribution in [0.15, 0.2) is 30.3 Å². The Kier molecular flexibility index (Phi) is 2.98. The summed E-state index contributed by atoms with van der Waals surface area (Å²) in [5, 5.41) is 4.02. The number of hydrogen-bond acceptors (Lipinski definition) is 1. The van der Waals surface area contributed by atoms with Crippen LogP contribution in [-0.4, -0.2) is 9.97 Å². The summed E-state index contributed by atoms with van der Waals surface area (Å²) in [5.41, 5.74) is 2.17. The van der Waals surface area contributed by atoms with Gasteiger partial charge in [0, 0.05) is 21.7 Å². The van der Waals surface area contributed by atoms with Gasteiger partial charge in [-0.15, -0.1) is 0 Å². The zero-order valence-electron chi connectivity index (χ0n) is 10.3. The maximum absolute atomic E-state index is 6.58. The molecule has 0 aliphatic heterocycles. The van der Waals surface area contributed by atoms with Crippen LogP contribution in [0.2, 0.25) is 20.1 Å². The van der Waals surface area contributed by atoms with Crippen LogP contribution in [-0.2, 0) is 0 Å². The minimum Gasteiger partial charge on any atom is -0.339 e. The first-order valence-corrected chi connectivity index (χ1v) is 7.62. The van der Waals surface area contributed by atoms with Gasteiger partial charge >= 0.3 is 0 Å². The molecular weight excluding hydrogens is 350 g/mol. The Hall–Kier alpha value is -1.19. The normalized spacial score (nSPS) is 11.8. The van der Waals surface area contributed by atoms with Crippen molar-refractivity contribution >= 4 is 79.2 Å². The molecule has 0 unspecified atom stereocenters. The molecule has 0 atom stereocenters. The summed E-state index contributed by atoms with van der Waals surface area (Å²) in [6, 6.07) is 9.41. The van der Waals surface area contributed by atoms with Gasteiger partial charge in [0.2, 0.25) is 0 Å². The Balaban J connectivity index is 2.35. The molecule has 2 nitrogen and oxygen atoms in total. The zero-order valence-corrected chi connectivity index (χ0v) is 13.4. The van der Waals surface area contributed by atoms with Crippen molar-refractivity contribution in [2.45, 2.75) is 0 Å². The van der Waals surface area contributed by atoms with Crippen LogP contribution in [0.3, 0.4) is 0 Å². The Morgan fingerprint density at radius 1 is 0.857 bits per heavy atom. The van der Waals surface area contributed by atoms with E-state index in [0.29, 0.717) is 36.6 Å². The number of aromatic nitrogens is 2. The second kappa shape index (κ2) is 4.65. The van der Waals surface area contributed by atoms with E-state index in [9.17, 15) is 0 Å².